The quantitative estimate of drug-likeness (QED) is 0.619. The zero-order valence-corrected chi connectivity index (χ0v) is 17.6. The van der Waals surface area contributed by atoms with Crippen molar-refractivity contribution in [2.75, 3.05) is 26.2 Å². The standard InChI is InChI=1S/C24H30N4O2/c1-19(16-27-11-4-2-5-12-27)15-25-24(29)20-8-7-9-22(14-20)30-18-21-17-28-13-6-3-10-23(28)26-21/h3,6-10,13-14,17,19H,2,4-5,11-12,15-16,18H2,1H3,(H,25,29). The lowest BCUT2D eigenvalue weighted by molar-refractivity contribution is 0.0942. The predicted molar refractivity (Wildman–Crippen MR) is 118 cm³/mol. The Kier molecular flexibility index (Phi) is 6.64. The number of benzene rings is 1. The van der Waals surface area contributed by atoms with Gasteiger partial charge in [0.1, 0.15) is 18.0 Å². The molecule has 1 fully saturated rings. The average molecular weight is 407 g/mol. The maximum atomic E-state index is 12.6. The molecule has 0 spiro atoms. The maximum Gasteiger partial charge on any atom is 0.251 e. The number of piperidine rings is 1. The zero-order valence-electron chi connectivity index (χ0n) is 17.6. The molecule has 1 aromatic carbocycles. The second-order valence-corrected chi connectivity index (χ2v) is 8.19. The van der Waals surface area contributed by atoms with E-state index in [2.05, 4.69) is 22.1 Å². The predicted octanol–water partition coefficient (Wildman–Crippen LogP) is 3.77. The Labute approximate surface area is 177 Å². The third-order valence-electron chi connectivity index (χ3n) is 5.53. The summed E-state index contributed by atoms with van der Waals surface area (Å²) in [6.45, 7) is 6.65. The van der Waals surface area contributed by atoms with Crippen LogP contribution in [0.3, 0.4) is 0 Å². The van der Waals surface area contributed by atoms with Crippen molar-refractivity contribution in [2.24, 2.45) is 5.92 Å². The van der Waals surface area contributed by atoms with E-state index in [1.807, 2.05) is 53.2 Å². The SMILES string of the molecule is CC(CNC(=O)c1cccc(OCc2cn3ccccc3n2)c1)CN1CCCCC1. The minimum absolute atomic E-state index is 0.0568. The van der Waals surface area contributed by atoms with Crippen LogP contribution in [0, 0.1) is 5.92 Å². The summed E-state index contributed by atoms with van der Waals surface area (Å²) in [5.74, 6) is 1.04. The molecule has 1 atom stereocenters. The van der Waals surface area contributed by atoms with Gasteiger partial charge in [0.15, 0.2) is 0 Å². The smallest absolute Gasteiger partial charge is 0.251 e. The van der Waals surface area contributed by atoms with E-state index < -0.39 is 0 Å². The third kappa shape index (κ3) is 5.39. The van der Waals surface area contributed by atoms with Gasteiger partial charge in [-0.05, 0) is 62.2 Å². The summed E-state index contributed by atoms with van der Waals surface area (Å²) in [4.78, 5) is 19.6. The molecule has 1 aliphatic rings. The number of hydrogen-bond donors (Lipinski definition) is 1. The van der Waals surface area contributed by atoms with E-state index in [0.717, 1.165) is 17.9 Å². The molecule has 3 heterocycles. The van der Waals surface area contributed by atoms with E-state index in [4.69, 9.17) is 4.74 Å². The molecule has 0 radical (unpaired) electrons. The minimum Gasteiger partial charge on any atom is -0.487 e. The Balaban J connectivity index is 1.28. The van der Waals surface area contributed by atoms with Crippen molar-refractivity contribution in [1.29, 1.82) is 0 Å². The van der Waals surface area contributed by atoms with Crippen LogP contribution in [0.1, 0.15) is 42.2 Å². The number of rotatable bonds is 8. The summed E-state index contributed by atoms with van der Waals surface area (Å²) in [6, 6.07) is 13.2. The van der Waals surface area contributed by atoms with Gasteiger partial charge in [-0.1, -0.05) is 25.5 Å². The molecule has 1 amide bonds. The Morgan fingerprint density at radius 1 is 1.17 bits per heavy atom. The van der Waals surface area contributed by atoms with Gasteiger partial charge in [0, 0.05) is 31.0 Å². The van der Waals surface area contributed by atoms with Crippen LogP contribution >= 0.6 is 0 Å². The number of aromatic nitrogens is 2. The van der Waals surface area contributed by atoms with Gasteiger partial charge >= 0.3 is 0 Å². The third-order valence-corrected chi connectivity index (χ3v) is 5.53. The Bertz CT molecular complexity index is 945. The molecule has 4 rings (SSSR count). The van der Waals surface area contributed by atoms with Crippen molar-refractivity contribution in [3.8, 4) is 5.75 Å². The molecule has 0 bridgehead atoms. The lowest BCUT2D eigenvalue weighted by atomic mass is 10.1. The number of ether oxygens (including phenoxy) is 1. The number of hydrogen-bond acceptors (Lipinski definition) is 4. The summed E-state index contributed by atoms with van der Waals surface area (Å²) in [5.41, 5.74) is 2.36. The molecule has 0 aliphatic carbocycles. The van der Waals surface area contributed by atoms with Gasteiger partial charge < -0.3 is 19.4 Å². The Morgan fingerprint density at radius 2 is 2.03 bits per heavy atom. The van der Waals surface area contributed by atoms with E-state index in [-0.39, 0.29) is 5.91 Å². The normalized spacial score (nSPS) is 15.8. The first kappa shape index (κ1) is 20.4. The largest absolute Gasteiger partial charge is 0.487 e. The fourth-order valence-electron chi connectivity index (χ4n) is 3.96. The van der Waals surface area contributed by atoms with Gasteiger partial charge in [-0.3, -0.25) is 4.79 Å². The van der Waals surface area contributed by atoms with Gasteiger partial charge in [-0.15, -0.1) is 0 Å². The molecule has 1 aliphatic heterocycles. The van der Waals surface area contributed by atoms with Gasteiger partial charge in [0.2, 0.25) is 0 Å². The molecule has 1 saturated heterocycles. The highest BCUT2D eigenvalue weighted by Crippen LogP contribution is 2.16. The first-order chi connectivity index (χ1) is 14.7. The molecule has 6 heteroatoms. The van der Waals surface area contributed by atoms with Crippen molar-refractivity contribution in [1.82, 2.24) is 19.6 Å². The number of amides is 1. The molecule has 30 heavy (non-hydrogen) atoms. The van der Waals surface area contributed by atoms with Crippen LogP contribution in [-0.4, -0.2) is 46.4 Å². The topological polar surface area (TPSA) is 58.9 Å². The molecular weight excluding hydrogens is 376 g/mol. The van der Waals surface area contributed by atoms with Gasteiger partial charge in [0.05, 0.1) is 5.69 Å². The van der Waals surface area contributed by atoms with Crippen molar-refractivity contribution in [3.63, 3.8) is 0 Å². The molecule has 6 nitrogen and oxygen atoms in total. The molecule has 0 saturated carbocycles. The second-order valence-electron chi connectivity index (χ2n) is 8.19. The van der Waals surface area contributed by atoms with Crippen LogP contribution in [-0.2, 0) is 6.61 Å². The highest BCUT2D eigenvalue weighted by atomic mass is 16.5. The van der Waals surface area contributed by atoms with Gasteiger partial charge in [-0.25, -0.2) is 4.98 Å². The fourth-order valence-corrected chi connectivity index (χ4v) is 3.96. The van der Waals surface area contributed by atoms with Gasteiger partial charge in [0.25, 0.3) is 5.91 Å². The molecule has 1 N–H and O–H groups in total. The first-order valence-corrected chi connectivity index (χ1v) is 10.8. The summed E-state index contributed by atoms with van der Waals surface area (Å²) in [7, 11) is 0. The van der Waals surface area contributed by atoms with Crippen molar-refractivity contribution >= 4 is 11.6 Å². The summed E-state index contributed by atoms with van der Waals surface area (Å²) >= 11 is 0. The van der Waals surface area contributed by atoms with Crippen LogP contribution in [0.25, 0.3) is 5.65 Å². The zero-order chi connectivity index (χ0) is 20.8. The number of carbonyl (C=O) groups is 1. The molecule has 158 valence electrons. The lowest BCUT2D eigenvalue weighted by Crippen LogP contribution is -2.38. The van der Waals surface area contributed by atoms with Crippen molar-refractivity contribution in [2.45, 2.75) is 32.8 Å². The highest BCUT2D eigenvalue weighted by Gasteiger charge is 2.15. The molecule has 3 aromatic rings. The first-order valence-electron chi connectivity index (χ1n) is 10.8. The van der Waals surface area contributed by atoms with Crippen LogP contribution in [0.15, 0.2) is 54.9 Å². The summed E-state index contributed by atoms with van der Waals surface area (Å²) in [6.07, 6.45) is 7.84. The summed E-state index contributed by atoms with van der Waals surface area (Å²) in [5, 5.41) is 3.07. The van der Waals surface area contributed by atoms with E-state index in [9.17, 15) is 4.79 Å². The van der Waals surface area contributed by atoms with Crippen LogP contribution in [0.2, 0.25) is 0 Å². The number of carbonyl (C=O) groups excluding carboxylic acids is 1. The Hall–Kier alpha value is -2.86. The van der Waals surface area contributed by atoms with E-state index >= 15 is 0 Å². The van der Waals surface area contributed by atoms with Crippen LogP contribution in [0.5, 0.6) is 5.75 Å². The number of likely N-dealkylation sites (tertiary alicyclic amines) is 1. The van der Waals surface area contributed by atoms with Crippen LogP contribution < -0.4 is 10.1 Å². The monoisotopic (exact) mass is 406 g/mol. The van der Waals surface area contributed by atoms with E-state index in [0.29, 0.717) is 30.4 Å². The molecule has 1 unspecified atom stereocenters. The molecular formula is C24H30N4O2. The number of nitrogens with one attached hydrogen (secondary N) is 1. The summed E-state index contributed by atoms with van der Waals surface area (Å²) < 4.78 is 7.84. The van der Waals surface area contributed by atoms with E-state index in [1.54, 1.807) is 6.07 Å². The number of imidazole rings is 1. The average Bonchev–Trinajstić information content (AvgIpc) is 3.20. The Morgan fingerprint density at radius 3 is 2.87 bits per heavy atom. The lowest BCUT2D eigenvalue weighted by Gasteiger charge is -2.29. The maximum absolute atomic E-state index is 12.6. The van der Waals surface area contributed by atoms with E-state index in [1.165, 1.54) is 32.4 Å². The number of pyridine rings is 1. The highest BCUT2D eigenvalue weighted by molar-refractivity contribution is 5.94. The fraction of sp³-hybridized carbons (Fsp3) is 0.417. The minimum atomic E-state index is -0.0568. The van der Waals surface area contributed by atoms with Crippen LogP contribution in [0.4, 0.5) is 0 Å². The second kappa shape index (κ2) is 9.76. The number of fused-ring (bicyclic) bond motifs is 1. The molecule has 2 aromatic heterocycles. The van der Waals surface area contributed by atoms with Crippen molar-refractivity contribution < 1.29 is 9.53 Å². The van der Waals surface area contributed by atoms with Gasteiger partial charge in [-0.2, -0.15) is 0 Å². The van der Waals surface area contributed by atoms with Crippen molar-refractivity contribution in [3.05, 3.63) is 66.1 Å². The number of nitrogens with zero attached hydrogens (tertiary/aromatic N) is 3.